The minimum Gasteiger partial charge on any atom is -0.482 e. The fraction of sp³-hybridized carbons (Fsp3) is 0.500. The number of benzene rings is 1. The molecule has 0 spiro atoms. The zero-order valence-corrected chi connectivity index (χ0v) is 14.7. The number of ether oxygens (including phenoxy) is 1. The maximum Gasteiger partial charge on any atom is 0.265 e. The van der Waals surface area contributed by atoms with E-state index in [1.807, 2.05) is 17.0 Å². The number of rotatable bonds is 2. The highest BCUT2D eigenvalue weighted by molar-refractivity contribution is 9.10. The molecular formula is C16H20BrN3O3. The Hall–Kier alpha value is -1.60. The first-order chi connectivity index (χ1) is 11.0. The number of carbonyl (C=O) groups is 2. The molecule has 0 radical (unpaired) electrons. The average Bonchev–Trinajstić information content (AvgIpc) is 2.75. The Morgan fingerprint density at radius 3 is 2.91 bits per heavy atom. The zero-order valence-electron chi connectivity index (χ0n) is 13.1. The summed E-state index contributed by atoms with van der Waals surface area (Å²) >= 11 is 3.39. The van der Waals surface area contributed by atoms with Gasteiger partial charge in [-0.15, -0.1) is 0 Å². The first-order valence-corrected chi connectivity index (χ1v) is 8.53. The normalized spacial score (nSPS) is 19.1. The molecule has 0 N–H and O–H groups in total. The molecule has 1 saturated heterocycles. The van der Waals surface area contributed by atoms with Crippen molar-refractivity contribution in [3.63, 3.8) is 0 Å². The monoisotopic (exact) mass is 381 g/mol. The summed E-state index contributed by atoms with van der Waals surface area (Å²) in [5.41, 5.74) is 0.657. The average molecular weight is 382 g/mol. The molecule has 6 nitrogen and oxygen atoms in total. The van der Waals surface area contributed by atoms with Gasteiger partial charge in [0.2, 0.25) is 5.91 Å². The molecule has 0 atom stereocenters. The van der Waals surface area contributed by atoms with Crippen molar-refractivity contribution in [2.24, 2.45) is 0 Å². The summed E-state index contributed by atoms with van der Waals surface area (Å²) in [6, 6.07) is 5.47. The Kier molecular flexibility index (Phi) is 4.87. The van der Waals surface area contributed by atoms with E-state index < -0.39 is 0 Å². The summed E-state index contributed by atoms with van der Waals surface area (Å²) in [4.78, 5) is 30.4. The second-order valence-electron chi connectivity index (χ2n) is 5.92. The van der Waals surface area contributed by atoms with Gasteiger partial charge in [0, 0.05) is 24.1 Å². The van der Waals surface area contributed by atoms with Gasteiger partial charge in [-0.25, -0.2) is 0 Å². The number of fused-ring (bicyclic) bond motifs is 1. The van der Waals surface area contributed by atoms with E-state index in [0.29, 0.717) is 18.0 Å². The molecule has 2 amide bonds. The third-order valence-corrected chi connectivity index (χ3v) is 4.72. The molecule has 0 unspecified atom stereocenters. The van der Waals surface area contributed by atoms with Crippen LogP contribution in [-0.2, 0) is 9.59 Å². The molecule has 1 fully saturated rings. The fourth-order valence-corrected chi connectivity index (χ4v) is 3.22. The van der Waals surface area contributed by atoms with E-state index >= 15 is 0 Å². The van der Waals surface area contributed by atoms with Gasteiger partial charge >= 0.3 is 0 Å². The molecule has 0 aliphatic carbocycles. The van der Waals surface area contributed by atoms with Crippen molar-refractivity contribution in [2.45, 2.75) is 6.42 Å². The van der Waals surface area contributed by atoms with Gasteiger partial charge in [-0.3, -0.25) is 14.5 Å². The number of likely N-dealkylation sites (N-methyl/N-ethyl adjacent to an activating group) is 1. The Balaban J connectivity index is 1.74. The lowest BCUT2D eigenvalue weighted by Crippen LogP contribution is -2.47. The van der Waals surface area contributed by atoms with Crippen LogP contribution in [0.2, 0.25) is 0 Å². The molecule has 0 aromatic heterocycles. The summed E-state index contributed by atoms with van der Waals surface area (Å²) in [6.45, 7) is 3.36. The minimum absolute atomic E-state index is 0.00980. The lowest BCUT2D eigenvalue weighted by atomic mass is 10.2. The van der Waals surface area contributed by atoms with Gasteiger partial charge in [0.05, 0.1) is 5.69 Å². The van der Waals surface area contributed by atoms with Gasteiger partial charge in [0.15, 0.2) is 6.61 Å². The van der Waals surface area contributed by atoms with Crippen molar-refractivity contribution in [2.75, 3.05) is 51.3 Å². The van der Waals surface area contributed by atoms with Crippen molar-refractivity contribution in [1.29, 1.82) is 0 Å². The summed E-state index contributed by atoms with van der Waals surface area (Å²) in [6.07, 6.45) is 0.961. The third-order valence-electron chi connectivity index (χ3n) is 4.23. The van der Waals surface area contributed by atoms with Crippen LogP contribution in [0, 0.1) is 0 Å². The first kappa shape index (κ1) is 16.3. The van der Waals surface area contributed by atoms with Gasteiger partial charge in [-0.1, -0.05) is 15.9 Å². The zero-order chi connectivity index (χ0) is 16.4. The summed E-state index contributed by atoms with van der Waals surface area (Å²) in [5.74, 6) is 0.437. The number of carbonyl (C=O) groups excluding carboxylic acids is 2. The van der Waals surface area contributed by atoms with E-state index in [4.69, 9.17) is 4.74 Å². The van der Waals surface area contributed by atoms with Gasteiger partial charge < -0.3 is 14.5 Å². The van der Waals surface area contributed by atoms with Crippen LogP contribution in [0.15, 0.2) is 22.7 Å². The number of amides is 2. The van der Waals surface area contributed by atoms with Crippen LogP contribution in [0.25, 0.3) is 0 Å². The molecule has 2 heterocycles. The van der Waals surface area contributed by atoms with Gasteiger partial charge in [-0.2, -0.15) is 0 Å². The van der Waals surface area contributed by atoms with Crippen LogP contribution in [0.5, 0.6) is 5.75 Å². The number of nitrogens with zero attached hydrogens (tertiary/aromatic N) is 3. The van der Waals surface area contributed by atoms with E-state index in [2.05, 4.69) is 27.9 Å². The molecule has 7 heteroatoms. The van der Waals surface area contributed by atoms with Gasteiger partial charge in [-0.05, 0) is 38.2 Å². The fourth-order valence-electron chi connectivity index (χ4n) is 2.88. The highest BCUT2D eigenvalue weighted by Crippen LogP contribution is 2.34. The van der Waals surface area contributed by atoms with Crippen molar-refractivity contribution >= 4 is 33.4 Å². The van der Waals surface area contributed by atoms with Crippen LogP contribution >= 0.6 is 15.9 Å². The maximum absolute atomic E-state index is 12.6. The van der Waals surface area contributed by atoms with Crippen molar-refractivity contribution in [1.82, 2.24) is 9.80 Å². The molecule has 0 bridgehead atoms. The predicted octanol–water partition coefficient (Wildman–Crippen LogP) is 1.34. The van der Waals surface area contributed by atoms with Crippen molar-refractivity contribution in [3.05, 3.63) is 22.7 Å². The second kappa shape index (κ2) is 6.88. The standard InChI is InChI=1S/C16H20BrN3O3/c1-18-5-2-6-19(8-7-18)15(21)10-20-13-4-3-12(17)9-14(13)23-11-16(20)22/h3-4,9H,2,5-8,10-11H2,1H3. The van der Waals surface area contributed by atoms with Crippen LogP contribution < -0.4 is 9.64 Å². The molecular weight excluding hydrogens is 362 g/mol. The van der Waals surface area contributed by atoms with Crippen molar-refractivity contribution < 1.29 is 14.3 Å². The molecule has 23 heavy (non-hydrogen) atoms. The molecule has 0 saturated carbocycles. The SMILES string of the molecule is CN1CCCN(C(=O)CN2C(=O)COc3cc(Br)ccc32)CC1. The lowest BCUT2D eigenvalue weighted by Gasteiger charge is -2.31. The van der Waals surface area contributed by atoms with Crippen LogP contribution in [-0.4, -0.2) is 68.0 Å². The predicted molar refractivity (Wildman–Crippen MR) is 90.7 cm³/mol. The highest BCUT2D eigenvalue weighted by Gasteiger charge is 2.29. The minimum atomic E-state index is -0.180. The Morgan fingerprint density at radius 1 is 1.26 bits per heavy atom. The van der Waals surface area contributed by atoms with Crippen LogP contribution in [0.3, 0.4) is 0 Å². The van der Waals surface area contributed by atoms with E-state index in [1.54, 1.807) is 6.07 Å². The summed E-state index contributed by atoms with van der Waals surface area (Å²) < 4.78 is 6.34. The molecule has 2 aliphatic rings. The van der Waals surface area contributed by atoms with Crippen LogP contribution in [0.1, 0.15) is 6.42 Å². The van der Waals surface area contributed by atoms with Crippen LogP contribution in [0.4, 0.5) is 5.69 Å². The van der Waals surface area contributed by atoms with Gasteiger partial charge in [0.1, 0.15) is 12.3 Å². The van der Waals surface area contributed by atoms with E-state index in [9.17, 15) is 9.59 Å². The maximum atomic E-state index is 12.6. The number of halogens is 1. The summed E-state index contributed by atoms with van der Waals surface area (Å²) in [7, 11) is 2.06. The number of hydrogen-bond acceptors (Lipinski definition) is 4. The Labute approximate surface area is 144 Å². The van der Waals surface area contributed by atoms with Crippen molar-refractivity contribution in [3.8, 4) is 5.75 Å². The quantitative estimate of drug-likeness (QED) is 0.775. The van der Waals surface area contributed by atoms with Gasteiger partial charge in [0.25, 0.3) is 5.91 Å². The second-order valence-corrected chi connectivity index (χ2v) is 6.83. The third kappa shape index (κ3) is 3.67. The topological polar surface area (TPSA) is 53.1 Å². The Morgan fingerprint density at radius 2 is 2.09 bits per heavy atom. The van der Waals surface area contributed by atoms with E-state index in [-0.39, 0.29) is 25.0 Å². The lowest BCUT2D eigenvalue weighted by molar-refractivity contribution is -0.131. The van der Waals surface area contributed by atoms with E-state index in [0.717, 1.165) is 30.5 Å². The Bertz CT molecular complexity index is 623. The summed E-state index contributed by atoms with van der Waals surface area (Å²) in [5, 5.41) is 0. The number of anilines is 1. The molecule has 1 aromatic carbocycles. The highest BCUT2D eigenvalue weighted by atomic mass is 79.9. The smallest absolute Gasteiger partial charge is 0.265 e. The molecule has 124 valence electrons. The molecule has 1 aromatic rings. The first-order valence-electron chi connectivity index (χ1n) is 7.73. The number of hydrogen-bond donors (Lipinski definition) is 0. The molecule has 3 rings (SSSR count). The molecule has 2 aliphatic heterocycles. The van der Waals surface area contributed by atoms with E-state index in [1.165, 1.54) is 4.90 Å². The largest absolute Gasteiger partial charge is 0.482 e.